The Bertz CT molecular complexity index is 257. The van der Waals surface area contributed by atoms with Crippen LogP contribution in [0.25, 0.3) is 0 Å². The van der Waals surface area contributed by atoms with Crippen LogP contribution < -0.4 is 16.0 Å². The highest BCUT2D eigenvalue weighted by atomic mass is 16.2. The molecule has 0 spiro atoms. The van der Waals surface area contributed by atoms with Crippen LogP contribution in [-0.4, -0.2) is 31.1 Å². The van der Waals surface area contributed by atoms with Crippen LogP contribution >= 0.6 is 0 Å². The Morgan fingerprint density at radius 1 is 1.11 bits per heavy atom. The van der Waals surface area contributed by atoms with E-state index in [1.165, 1.54) is 32.7 Å². The lowest BCUT2D eigenvalue weighted by Crippen LogP contribution is -2.49. The minimum Gasteiger partial charge on any atom is -0.341 e. The molecule has 106 valence electrons. The number of hydrogen-bond donors (Lipinski definition) is 3. The third-order valence-corrected chi connectivity index (χ3v) is 2.88. The average molecular weight is 257 g/mol. The number of imide groups is 1. The van der Waals surface area contributed by atoms with Crippen LogP contribution in [0.1, 0.15) is 52.9 Å². The Balaban J connectivity index is 3.81. The van der Waals surface area contributed by atoms with Gasteiger partial charge < -0.3 is 10.6 Å². The molecule has 18 heavy (non-hydrogen) atoms. The predicted octanol–water partition coefficient (Wildman–Crippen LogP) is 1.78. The van der Waals surface area contributed by atoms with Gasteiger partial charge in [0.2, 0.25) is 5.91 Å². The van der Waals surface area contributed by atoms with Gasteiger partial charge in [0.05, 0.1) is 6.04 Å². The number of rotatable bonds is 8. The first-order valence-corrected chi connectivity index (χ1v) is 6.79. The second kappa shape index (κ2) is 9.88. The predicted molar refractivity (Wildman–Crippen MR) is 73.4 cm³/mol. The Hall–Kier alpha value is -1.10. The van der Waals surface area contributed by atoms with Crippen molar-refractivity contribution >= 4 is 11.9 Å². The maximum atomic E-state index is 11.6. The Kier molecular flexibility index (Phi) is 9.28. The van der Waals surface area contributed by atoms with Crippen LogP contribution in [0.2, 0.25) is 0 Å². The van der Waals surface area contributed by atoms with Crippen molar-refractivity contribution in [1.29, 1.82) is 0 Å². The van der Waals surface area contributed by atoms with E-state index < -0.39 is 6.03 Å². The maximum Gasteiger partial charge on any atom is 0.321 e. The second-order valence-corrected chi connectivity index (χ2v) is 4.71. The van der Waals surface area contributed by atoms with Gasteiger partial charge in [0.15, 0.2) is 0 Å². The van der Waals surface area contributed by atoms with E-state index in [2.05, 4.69) is 29.8 Å². The zero-order valence-corrected chi connectivity index (χ0v) is 12.0. The van der Waals surface area contributed by atoms with E-state index in [-0.39, 0.29) is 18.0 Å². The number of hydrogen-bond acceptors (Lipinski definition) is 3. The normalized spacial score (nSPS) is 13.8. The third-order valence-electron chi connectivity index (χ3n) is 2.88. The van der Waals surface area contributed by atoms with Crippen molar-refractivity contribution in [3.63, 3.8) is 0 Å². The van der Waals surface area contributed by atoms with Gasteiger partial charge in [-0.1, -0.05) is 32.6 Å². The van der Waals surface area contributed by atoms with Crippen LogP contribution in [0.3, 0.4) is 0 Å². The van der Waals surface area contributed by atoms with Gasteiger partial charge in [-0.3, -0.25) is 10.1 Å². The largest absolute Gasteiger partial charge is 0.341 e. The molecule has 0 saturated carbocycles. The number of unbranched alkanes of at least 4 members (excludes halogenated alkanes) is 3. The second-order valence-electron chi connectivity index (χ2n) is 4.71. The fraction of sp³-hybridized carbons (Fsp3) is 0.846. The van der Waals surface area contributed by atoms with Crippen LogP contribution in [-0.2, 0) is 4.79 Å². The molecular weight excluding hydrogens is 230 g/mol. The lowest BCUT2D eigenvalue weighted by Gasteiger charge is -2.19. The fourth-order valence-electron chi connectivity index (χ4n) is 1.75. The highest BCUT2D eigenvalue weighted by molar-refractivity contribution is 5.96. The summed E-state index contributed by atoms with van der Waals surface area (Å²) in [6.07, 6.45) is 5.96. The van der Waals surface area contributed by atoms with Crippen LogP contribution in [0.4, 0.5) is 4.79 Å². The minimum atomic E-state index is -0.468. The van der Waals surface area contributed by atoms with Crippen LogP contribution in [0.5, 0.6) is 0 Å². The molecule has 3 amide bonds. The summed E-state index contributed by atoms with van der Waals surface area (Å²) in [5, 5.41) is 7.81. The molecule has 0 aliphatic rings. The van der Waals surface area contributed by atoms with E-state index in [1.807, 2.05) is 0 Å². The molecule has 0 aromatic carbocycles. The van der Waals surface area contributed by atoms with Gasteiger partial charge in [-0.2, -0.15) is 0 Å². The van der Waals surface area contributed by atoms with Gasteiger partial charge in [-0.25, -0.2) is 4.79 Å². The molecule has 0 aliphatic carbocycles. The molecule has 0 fully saturated rings. The molecular formula is C13H27N3O2. The first kappa shape index (κ1) is 16.9. The Labute approximate surface area is 110 Å². The smallest absolute Gasteiger partial charge is 0.321 e. The zero-order valence-electron chi connectivity index (χ0n) is 12.0. The molecule has 0 aromatic rings. The molecule has 2 atom stereocenters. The lowest BCUT2D eigenvalue weighted by molar-refractivity contribution is -0.121. The average Bonchev–Trinajstić information content (AvgIpc) is 2.34. The molecule has 0 rings (SSSR count). The van der Waals surface area contributed by atoms with Crippen LogP contribution in [0, 0.1) is 0 Å². The monoisotopic (exact) mass is 257 g/mol. The van der Waals surface area contributed by atoms with Gasteiger partial charge in [-0.15, -0.1) is 0 Å². The fourth-order valence-corrected chi connectivity index (χ4v) is 1.75. The highest BCUT2D eigenvalue weighted by Crippen LogP contribution is 2.05. The van der Waals surface area contributed by atoms with Crippen molar-refractivity contribution in [2.45, 2.75) is 65.0 Å². The van der Waals surface area contributed by atoms with Crippen molar-refractivity contribution in [3.8, 4) is 0 Å². The van der Waals surface area contributed by atoms with Crippen molar-refractivity contribution in [3.05, 3.63) is 0 Å². The van der Waals surface area contributed by atoms with Crippen molar-refractivity contribution < 1.29 is 9.59 Å². The van der Waals surface area contributed by atoms with E-state index in [9.17, 15) is 9.59 Å². The summed E-state index contributed by atoms with van der Waals surface area (Å²) < 4.78 is 0. The highest BCUT2D eigenvalue weighted by Gasteiger charge is 2.16. The van der Waals surface area contributed by atoms with E-state index in [4.69, 9.17) is 0 Å². The van der Waals surface area contributed by atoms with Gasteiger partial charge in [-0.05, 0) is 20.3 Å². The molecule has 0 aromatic heterocycles. The molecule has 5 heteroatoms. The van der Waals surface area contributed by atoms with Gasteiger partial charge in [0.25, 0.3) is 0 Å². The topological polar surface area (TPSA) is 70.2 Å². The summed E-state index contributed by atoms with van der Waals surface area (Å²) in [6, 6.07) is -0.542. The number of carbonyl (C=O) groups is 2. The molecule has 0 bridgehead atoms. The van der Waals surface area contributed by atoms with E-state index in [0.717, 1.165) is 6.42 Å². The molecule has 2 unspecified atom stereocenters. The molecule has 0 radical (unpaired) electrons. The summed E-state index contributed by atoms with van der Waals surface area (Å²) in [7, 11) is 1.48. The van der Waals surface area contributed by atoms with Crippen LogP contribution in [0.15, 0.2) is 0 Å². The molecule has 0 saturated heterocycles. The Morgan fingerprint density at radius 2 is 1.78 bits per heavy atom. The Morgan fingerprint density at radius 3 is 2.33 bits per heavy atom. The van der Waals surface area contributed by atoms with Gasteiger partial charge in [0, 0.05) is 13.1 Å². The summed E-state index contributed by atoms with van der Waals surface area (Å²) in [4.78, 5) is 22.6. The number of urea groups is 1. The lowest BCUT2D eigenvalue weighted by atomic mass is 10.1. The van der Waals surface area contributed by atoms with Crippen molar-refractivity contribution in [1.82, 2.24) is 16.0 Å². The standard InChI is InChI=1S/C13H27N3O2/c1-5-6-7-8-9-10(2)15-11(3)12(17)16-13(18)14-4/h10-11,15H,5-9H2,1-4H3,(H2,14,16,17,18). The maximum absolute atomic E-state index is 11.6. The van der Waals surface area contributed by atoms with E-state index >= 15 is 0 Å². The first-order valence-electron chi connectivity index (χ1n) is 6.79. The minimum absolute atomic E-state index is 0.285. The quantitative estimate of drug-likeness (QED) is 0.580. The summed E-state index contributed by atoms with van der Waals surface area (Å²) in [6.45, 7) is 6.02. The third kappa shape index (κ3) is 8.06. The molecule has 0 heterocycles. The summed E-state index contributed by atoms with van der Waals surface area (Å²) in [5.74, 6) is -0.297. The zero-order chi connectivity index (χ0) is 14.0. The van der Waals surface area contributed by atoms with E-state index in [0.29, 0.717) is 0 Å². The summed E-state index contributed by atoms with van der Waals surface area (Å²) in [5.41, 5.74) is 0. The number of nitrogens with one attached hydrogen (secondary N) is 3. The van der Waals surface area contributed by atoms with Gasteiger partial charge in [0.1, 0.15) is 0 Å². The number of amides is 3. The van der Waals surface area contributed by atoms with E-state index in [1.54, 1.807) is 6.92 Å². The summed E-state index contributed by atoms with van der Waals surface area (Å²) >= 11 is 0. The SMILES string of the molecule is CCCCCCC(C)NC(C)C(=O)NC(=O)NC. The van der Waals surface area contributed by atoms with Gasteiger partial charge >= 0.3 is 6.03 Å². The number of carbonyl (C=O) groups excluding carboxylic acids is 2. The molecule has 3 N–H and O–H groups in total. The van der Waals surface area contributed by atoms with Crippen molar-refractivity contribution in [2.24, 2.45) is 0 Å². The van der Waals surface area contributed by atoms with Crippen molar-refractivity contribution in [2.75, 3.05) is 7.05 Å². The molecule has 0 aliphatic heterocycles. The first-order chi connectivity index (χ1) is 8.51. The molecule has 5 nitrogen and oxygen atoms in total.